The Bertz CT molecular complexity index is 963. The average molecular weight is 452 g/mol. The molecule has 1 fully saturated rings. The molecule has 0 aromatic carbocycles. The van der Waals surface area contributed by atoms with Crippen molar-refractivity contribution in [1.29, 1.82) is 0 Å². The van der Waals surface area contributed by atoms with Gasteiger partial charge in [0.1, 0.15) is 17.7 Å². The maximum Gasteiger partial charge on any atom is 0.434 e. The highest BCUT2D eigenvalue weighted by molar-refractivity contribution is 5.72. The van der Waals surface area contributed by atoms with Crippen LogP contribution in [0.5, 0.6) is 0 Å². The molecule has 0 saturated heterocycles. The Hall–Kier alpha value is -2.89. The van der Waals surface area contributed by atoms with Crippen molar-refractivity contribution >= 4 is 23.3 Å². The Morgan fingerprint density at radius 1 is 1.12 bits per heavy atom. The van der Waals surface area contributed by atoms with Gasteiger partial charge in [0.15, 0.2) is 11.5 Å². The molecule has 1 unspecified atom stereocenters. The summed E-state index contributed by atoms with van der Waals surface area (Å²) in [6, 6.07) is 0.0783. The Balaban J connectivity index is 1.37. The first-order valence-corrected chi connectivity index (χ1v) is 10.5. The van der Waals surface area contributed by atoms with E-state index in [1.165, 1.54) is 0 Å². The van der Waals surface area contributed by atoms with E-state index in [-0.39, 0.29) is 24.0 Å². The van der Waals surface area contributed by atoms with E-state index in [1.54, 1.807) is 0 Å². The van der Waals surface area contributed by atoms with Gasteiger partial charge in [0.05, 0.1) is 24.1 Å². The highest BCUT2D eigenvalue weighted by Crippen LogP contribution is 2.36. The Kier molecular flexibility index (Phi) is 5.74. The van der Waals surface area contributed by atoms with Gasteiger partial charge in [-0.25, -0.2) is 15.0 Å². The molecule has 1 aliphatic heterocycles. The molecule has 0 amide bonds. The maximum atomic E-state index is 12.6. The molecule has 32 heavy (non-hydrogen) atoms. The predicted octanol–water partition coefficient (Wildman–Crippen LogP) is 2.85. The summed E-state index contributed by atoms with van der Waals surface area (Å²) in [6.07, 6.45) is -1.90. The van der Waals surface area contributed by atoms with Crippen molar-refractivity contribution in [1.82, 2.24) is 19.9 Å². The Labute approximate surface area is 183 Å². The number of hydrogen-bond acceptors (Lipinski definition) is 9. The van der Waals surface area contributed by atoms with Crippen molar-refractivity contribution in [3.05, 3.63) is 23.8 Å². The van der Waals surface area contributed by atoms with Crippen LogP contribution in [-0.2, 0) is 6.18 Å². The molecule has 4 N–H and O–H groups in total. The van der Waals surface area contributed by atoms with E-state index in [1.807, 2.05) is 32.7 Å². The van der Waals surface area contributed by atoms with Crippen LogP contribution in [0.3, 0.4) is 0 Å². The summed E-state index contributed by atoms with van der Waals surface area (Å²) in [7, 11) is 1.91. The molecule has 9 nitrogen and oxygen atoms in total. The van der Waals surface area contributed by atoms with Gasteiger partial charge in [-0.05, 0) is 25.7 Å². The van der Waals surface area contributed by atoms with Gasteiger partial charge in [0.25, 0.3) is 0 Å². The lowest BCUT2D eigenvalue weighted by molar-refractivity contribution is -0.141. The summed E-state index contributed by atoms with van der Waals surface area (Å²) in [5.74, 6) is 1.77. The van der Waals surface area contributed by atoms with Crippen molar-refractivity contribution in [3.63, 3.8) is 0 Å². The van der Waals surface area contributed by atoms with E-state index in [2.05, 4.69) is 35.9 Å². The topological polar surface area (TPSA) is 111 Å². The SMILES string of the molecule is Cc1nc(NC2CC(Nc3cnc(C(F)(F)F)cn3)C2)nc2c1NC(O)[C@H](C(C)C)N2C. The molecule has 1 aliphatic carbocycles. The van der Waals surface area contributed by atoms with Crippen LogP contribution in [0.15, 0.2) is 12.4 Å². The molecule has 1 saturated carbocycles. The summed E-state index contributed by atoms with van der Waals surface area (Å²) >= 11 is 0. The fraction of sp³-hybridized carbons (Fsp3) is 0.600. The smallest absolute Gasteiger partial charge is 0.372 e. The van der Waals surface area contributed by atoms with Crippen LogP contribution >= 0.6 is 0 Å². The summed E-state index contributed by atoms with van der Waals surface area (Å²) in [4.78, 5) is 18.4. The number of rotatable bonds is 5. The fourth-order valence-corrected chi connectivity index (χ4v) is 4.24. The number of likely N-dealkylation sites (N-methyl/N-ethyl adjacent to an activating group) is 1. The molecule has 0 spiro atoms. The van der Waals surface area contributed by atoms with Gasteiger partial charge in [-0.2, -0.15) is 18.2 Å². The number of hydrogen-bond donors (Lipinski definition) is 4. The van der Waals surface area contributed by atoms with Crippen molar-refractivity contribution in [2.24, 2.45) is 5.92 Å². The predicted molar refractivity (Wildman–Crippen MR) is 115 cm³/mol. The van der Waals surface area contributed by atoms with Crippen LogP contribution in [0.25, 0.3) is 0 Å². The van der Waals surface area contributed by atoms with Crippen LogP contribution in [0, 0.1) is 12.8 Å². The number of aromatic nitrogens is 4. The van der Waals surface area contributed by atoms with Gasteiger partial charge in [-0.3, -0.25) is 0 Å². The van der Waals surface area contributed by atoms with Gasteiger partial charge >= 0.3 is 6.18 Å². The number of aryl methyl sites for hydroxylation is 1. The number of aliphatic hydroxyl groups is 1. The van der Waals surface area contributed by atoms with E-state index >= 15 is 0 Å². The summed E-state index contributed by atoms with van der Waals surface area (Å²) in [5, 5.41) is 20.0. The number of alkyl halides is 3. The van der Waals surface area contributed by atoms with Gasteiger partial charge in [0.2, 0.25) is 5.95 Å². The third-order valence-electron chi connectivity index (χ3n) is 5.92. The normalized spacial score (nSPS) is 25.1. The first-order valence-electron chi connectivity index (χ1n) is 10.5. The summed E-state index contributed by atoms with van der Waals surface area (Å²) < 4.78 is 37.8. The van der Waals surface area contributed by atoms with Crippen molar-refractivity contribution in [3.8, 4) is 0 Å². The second-order valence-electron chi connectivity index (χ2n) is 8.70. The van der Waals surface area contributed by atoms with Crippen LogP contribution in [-0.4, -0.2) is 56.4 Å². The minimum atomic E-state index is -4.50. The maximum absolute atomic E-state index is 12.6. The Morgan fingerprint density at radius 3 is 2.41 bits per heavy atom. The molecule has 2 aromatic heterocycles. The lowest BCUT2D eigenvalue weighted by Crippen LogP contribution is -2.52. The number of anilines is 4. The number of halogens is 3. The average Bonchev–Trinajstić information content (AvgIpc) is 2.67. The lowest BCUT2D eigenvalue weighted by atomic mass is 9.87. The standard InChI is InChI=1S/C20H27F3N8O/c1-9(2)16-18(32)29-15-10(3)26-19(30-17(15)31(16)4)28-12-5-11(6-12)27-14-8-24-13(7-25-14)20(21,22)23/h7-9,11-12,16,18,29,32H,5-6H2,1-4H3,(H,25,27)(H,26,28,30)/t11?,12?,16-,18?/m0/s1. The van der Waals surface area contributed by atoms with Crippen LogP contribution < -0.4 is 20.9 Å². The van der Waals surface area contributed by atoms with Crippen LogP contribution in [0.1, 0.15) is 38.1 Å². The fourth-order valence-electron chi connectivity index (χ4n) is 4.24. The van der Waals surface area contributed by atoms with Crippen molar-refractivity contribution in [2.75, 3.05) is 27.9 Å². The monoisotopic (exact) mass is 452 g/mol. The zero-order chi connectivity index (χ0) is 23.2. The zero-order valence-electron chi connectivity index (χ0n) is 18.3. The minimum absolute atomic E-state index is 0.0714. The first kappa shape index (κ1) is 22.3. The molecular formula is C20H27F3N8O. The second-order valence-corrected chi connectivity index (χ2v) is 8.70. The molecule has 3 heterocycles. The minimum Gasteiger partial charge on any atom is -0.372 e. The van der Waals surface area contributed by atoms with E-state index < -0.39 is 18.1 Å². The van der Waals surface area contributed by atoms with E-state index in [9.17, 15) is 18.3 Å². The Morgan fingerprint density at radius 2 is 1.81 bits per heavy atom. The number of aliphatic hydroxyl groups excluding tert-OH is 1. The van der Waals surface area contributed by atoms with Crippen LogP contribution in [0.2, 0.25) is 0 Å². The van der Waals surface area contributed by atoms with Crippen molar-refractivity contribution in [2.45, 2.75) is 64.1 Å². The van der Waals surface area contributed by atoms with Gasteiger partial charge < -0.3 is 26.0 Å². The third kappa shape index (κ3) is 4.36. The molecule has 12 heteroatoms. The van der Waals surface area contributed by atoms with E-state index in [0.29, 0.717) is 11.8 Å². The molecular weight excluding hydrogens is 425 g/mol. The second kappa shape index (κ2) is 8.23. The lowest BCUT2D eigenvalue weighted by Gasteiger charge is -2.42. The van der Waals surface area contributed by atoms with Crippen molar-refractivity contribution < 1.29 is 18.3 Å². The highest BCUT2D eigenvalue weighted by atomic mass is 19.4. The summed E-state index contributed by atoms with van der Waals surface area (Å²) in [5.41, 5.74) is 0.443. The van der Waals surface area contributed by atoms with Gasteiger partial charge in [-0.15, -0.1) is 0 Å². The highest BCUT2D eigenvalue weighted by Gasteiger charge is 2.36. The largest absolute Gasteiger partial charge is 0.434 e. The zero-order valence-corrected chi connectivity index (χ0v) is 18.3. The number of nitrogens with zero attached hydrogens (tertiary/aromatic N) is 5. The molecule has 2 aromatic rings. The quantitative estimate of drug-likeness (QED) is 0.544. The van der Waals surface area contributed by atoms with E-state index in [0.717, 1.165) is 42.4 Å². The third-order valence-corrected chi connectivity index (χ3v) is 5.92. The molecule has 174 valence electrons. The first-order chi connectivity index (χ1) is 15.0. The molecule has 4 rings (SSSR count). The number of nitrogens with one attached hydrogen (secondary N) is 3. The molecule has 2 aliphatic rings. The van der Waals surface area contributed by atoms with Gasteiger partial charge in [0, 0.05) is 19.1 Å². The molecule has 0 bridgehead atoms. The van der Waals surface area contributed by atoms with Crippen LogP contribution in [0.4, 0.5) is 36.4 Å². The van der Waals surface area contributed by atoms with E-state index in [4.69, 9.17) is 0 Å². The molecule has 0 radical (unpaired) electrons. The summed E-state index contributed by atoms with van der Waals surface area (Å²) in [6.45, 7) is 5.96. The van der Waals surface area contributed by atoms with Gasteiger partial charge in [-0.1, -0.05) is 13.8 Å². The molecule has 2 atom stereocenters. The number of fused-ring (bicyclic) bond motifs is 1.